The van der Waals surface area contributed by atoms with E-state index in [1.54, 1.807) is 11.3 Å². The molecule has 1 heterocycles. The Hall–Kier alpha value is -2.46. The normalized spacial score (nSPS) is 10.5. The van der Waals surface area contributed by atoms with E-state index in [0.717, 1.165) is 22.7 Å². The summed E-state index contributed by atoms with van der Waals surface area (Å²) < 4.78 is 0. The van der Waals surface area contributed by atoms with E-state index >= 15 is 0 Å². The van der Waals surface area contributed by atoms with Crippen molar-refractivity contribution in [2.45, 2.75) is 13.3 Å². The minimum Gasteiger partial charge on any atom is -0.352 e. The van der Waals surface area contributed by atoms with Crippen LogP contribution in [0, 0.1) is 6.92 Å². The van der Waals surface area contributed by atoms with Crippen LogP contribution in [0.4, 0.5) is 0 Å². The number of aromatic nitrogens is 1. The molecule has 0 atom stereocenters. The third-order valence-corrected chi connectivity index (χ3v) is 4.38. The van der Waals surface area contributed by atoms with Crippen molar-refractivity contribution in [1.82, 2.24) is 10.3 Å². The summed E-state index contributed by atoms with van der Waals surface area (Å²) in [6.45, 7) is 2.62. The fraction of sp³-hybridized carbons (Fsp3) is 0.158. The second kappa shape index (κ2) is 7.20. The summed E-state index contributed by atoms with van der Waals surface area (Å²) in [5.41, 5.74) is 3.90. The number of hydrogen-bond donors (Lipinski definition) is 1. The third kappa shape index (κ3) is 4.05. The van der Waals surface area contributed by atoms with Crippen molar-refractivity contribution in [2.75, 3.05) is 6.54 Å². The van der Waals surface area contributed by atoms with Gasteiger partial charge < -0.3 is 5.32 Å². The first-order chi connectivity index (χ1) is 11.2. The minimum atomic E-state index is -0.0399. The maximum Gasteiger partial charge on any atom is 0.251 e. The van der Waals surface area contributed by atoms with Crippen LogP contribution in [-0.4, -0.2) is 17.4 Å². The number of nitrogens with one attached hydrogen (secondary N) is 1. The summed E-state index contributed by atoms with van der Waals surface area (Å²) in [7, 11) is 0. The highest BCUT2D eigenvalue weighted by Gasteiger charge is 2.07. The lowest BCUT2D eigenvalue weighted by Gasteiger charge is -2.06. The number of carbonyl (C=O) groups excluding carboxylic acids is 1. The predicted molar refractivity (Wildman–Crippen MR) is 94.8 cm³/mol. The number of rotatable bonds is 5. The minimum absolute atomic E-state index is 0.0399. The smallest absolute Gasteiger partial charge is 0.251 e. The lowest BCUT2D eigenvalue weighted by molar-refractivity contribution is 0.0954. The second-order valence-electron chi connectivity index (χ2n) is 5.32. The monoisotopic (exact) mass is 322 g/mol. The highest BCUT2D eigenvalue weighted by atomic mass is 32.1. The van der Waals surface area contributed by atoms with Crippen LogP contribution in [0.15, 0.2) is 60.0 Å². The molecule has 23 heavy (non-hydrogen) atoms. The molecule has 4 heteroatoms. The van der Waals surface area contributed by atoms with Crippen LogP contribution in [-0.2, 0) is 6.42 Å². The van der Waals surface area contributed by atoms with Crippen LogP contribution in [0.5, 0.6) is 0 Å². The molecule has 0 aliphatic rings. The van der Waals surface area contributed by atoms with E-state index in [0.29, 0.717) is 12.1 Å². The van der Waals surface area contributed by atoms with Crippen LogP contribution in [0.2, 0.25) is 0 Å². The number of aryl methyl sites for hydroxylation is 1. The maximum absolute atomic E-state index is 12.2. The van der Waals surface area contributed by atoms with Crippen molar-refractivity contribution >= 4 is 17.2 Å². The first kappa shape index (κ1) is 15.4. The highest BCUT2D eigenvalue weighted by molar-refractivity contribution is 7.09. The van der Waals surface area contributed by atoms with E-state index in [-0.39, 0.29) is 5.91 Å². The van der Waals surface area contributed by atoms with Crippen molar-refractivity contribution in [3.63, 3.8) is 0 Å². The maximum atomic E-state index is 12.2. The van der Waals surface area contributed by atoms with Crippen LogP contribution >= 0.6 is 11.3 Å². The van der Waals surface area contributed by atoms with E-state index in [1.807, 2.05) is 54.8 Å². The Bertz CT molecular complexity index is 779. The van der Waals surface area contributed by atoms with Gasteiger partial charge in [0.25, 0.3) is 5.91 Å². The first-order valence-corrected chi connectivity index (χ1v) is 8.45. The zero-order valence-electron chi connectivity index (χ0n) is 13.0. The Morgan fingerprint density at radius 1 is 1.09 bits per heavy atom. The molecule has 0 radical (unpaired) electrons. The summed E-state index contributed by atoms with van der Waals surface area (Å²) in [6.07, 6.45) is 0.836. The molecule has 0 spiro atoms. The van der Waals surface area contributed by atoms with Crippen LogP contribution in [0.1, 0.15) is 20.9 Å². The SMILES string of the molecule is Cc1nc(-c2ccc(C(=O)NCCc3ccccc3)cc2)cs1. The number of amides is 1. The molecule has 0 aliphatic carbocycles. The Labute approximate surface area is 140 Å². The van der Waals surface area contributed by atoms with Crippen molar-refractivity contribution < 1.29 is 4.79 Å². The molecule has 116 valence electrons. The number of thiazole rings is 1. The van der Waals surface area contributed by atoms with Crippen molar-refractivity contribution in [3.05, 3.63) is 76.1 Å². The highest BCUT2D eigenvalue weighted by Crippen LogP contribution is 2.21. The first-order valence-electron chi connectivity index (χ1n) is 7.57. The molecule has 0 bridgehead atoms. The Balaban J connectivity index is 1.57. The van der Waals surface area contributed by atoms with Crippen molar-refractivity contribution in [3.8, 4) is 11.3 Å². The van der Waals surface area contributed by atoms with Gasteiger partial charge in [0, 0.05) is 23.1 Å². The lowest BCUT2D eigenvalue weighted by Crippen LogP contribution is -2.25. The molecule has 0 aliphatic heterocycles. The molecule has 1 aromatic heterocycles. The van der Waals surface area contributed by atoms with Gasteiger partial charge in [0.15, 0.2) is 0 Å². The molecule has 3 aromatic rings. The Morgan fingerprint density at radius 2 is 1.83 bits per heavy atom. The fourth-order valence-corrected chi connectivity index (χ4v) is 2.98. The lowest BCUT2D eigenvalue weighted by atomic mass is 10.1. The molecule has 1 N–H and O–H groups in total. The van der Waals surface area contributed by atoms with E-state index < -0.39 is 0 Å². The largest absolute Gasteiger partial charge is 0.352 e. The van der Waals surface area contributed by atoms with Gasteiger partial charge in [-0.15, -0.1) is 11.3 Å². The van der Waals surface area contributed by atoms with Gasteiger partial charge in [-0.05, 0) is 31.0 Å². The molecule has 1 amide bonds. The van der Waals surface area contributed by atoms with E-state index in [4.69, 9.17) is 0 Å². The average Bonchev–Trinajstić information content (AvgIpc) is 3.02. The molecule has 0 saturated carbocycles. The molecular weight excluding hydrogens is 304 g/mol. The van der Waals surface area contributed by atoms with E-state index in [1.165, 1.54) is 5.56 Å². The fourth-order valence-electron chi connectivity index (χ4n) is 2.36. The zero-order chi connectivity index (χ0) is 16.1. The van der Waals surface area contributed by atoms with Crippen molar-refractivity contribution in [2.24, 2.45) is 0 Å². The standard InChI is InChI=1S/C19H18N2OS/c1-14-21-18(13-23-14)16-7-9-17(10-8-16)19(22)20-12-11-15-5-3-2-4-6-15/h2-10,13H,11-12H2,1H3,(H,20,22). The summed E-state index contributed by atoms with van der Waals surface area (Å²) in [6, 6.07) is 17.7. The zero-order valence-corrected chi connectivity index (χ0v) is 13.8. The summed E-state index contributed by atoms with van der Waals surface area (Å²) in [5.74, 6) is -0.0399. The summed E-state index contributed by atoms with van der Waals surface area (Å²) in [4.78, 5) is 16.6. The van der Waals surface area contributed by atoms with Crippen LogP contribution in [0.25, 0.3) is 11.3 Å². The van der Waals surface area contributed by atoms with Gasteiger partial charge in [0.05, 0.1) is 10.7 Å². The third-order valence-electron chi connectivity index (χ3n) is 3.60. The number of carbonyl (C=O) groups is 1. The quantitative estimate of drug-likeness (QED) is 0.768. The molecule has 0 saturated heterocycles. The number of hydrogen-bond acceptors (Lipinski definition) is 3. The van der Waals surface area contributed by atoms with Gasteiger partial charge in [-0.2, -0.15) is 0 Å². The van der Waals surface area contributed by atoms with Crippen molar-refractivity contribution in [1.29, 1.82) is 0 Å². The van der Waals surface area contributed by atoms with Gasteiger partial charge in [0.1, 0.15) is 0 Å². The van der Waals surface area contributed by atoms with Crippen LogP contribution < -0.4 is 5.32 Å². The van der Waals surface area contributed by atoms with E-state index in [2.05, 4.69) is 22.4 Å². The van der Waals surface area contributed by atoms with Gasteiger partial charge in [0.2, 0.25) is 0 Å². The van der Waals surface area contributed by atoms with Gasteiger partial charge in [-0.1, -0.05) is 42.5 Å². The van der Waals surface area contributed by atoms with Gasteiger partial charge in [-0.3, -0.25) is 4.79 Å². The molecule has 0 fully saturated rings. The Kier molecular flexibility index (Phi) is 4.83. The van der Waals surface area contributed by atoms with Gasteiger partial charge in [-0.25, -0.2) is 4.98 Å². The van der Waals surface area contributed by atoms with E-state index in [9.17, 15) is 4.79 Å². The predicted octanol–water partition coefficient (Wildman–Crippen LogP) is 4.09. The molecule has 0 unspecified atom stereocenters. The van der Waals surface area contributed by atoms with Gasteiger partial charge >= 0.3 is 0 Å². The number of benzene rings is 2. The van der Waals surface area contributed by atoms with Crippen LogP contribution in [0.3, 0.4) is 0 Å². The topological polar surface area (TPSA) is 42.0 Å². The number of nitrogens with zero attached hydrogens (tertiary/aromatic N) is 1. The second-order valence-corrected chi connectivity index (χ2v) is 6.38. The molecular formula is C19H18N2OS. The Morgan fingerprint density at radius 3 is 2.48 bits per heavy atom. The molecule has 3 nitrogen and oxygen atoms in total. The summed E-state index contributed by atoms with van der Waals surface area (Å²) in [5, 5.41) is 6.03. The average molecular weight is 322 g/mol. The summed E-state index contributed by atoms with van der Waals surface area (Å²) >= 11 is 1.63. The molecule has 3 rings (SSSR count). The molecule has 2 aromatic carbocycles.